The molecule has 0 spiro atoms. The van der Waals surface area contributed by atoms with E-state index in [9.17, 15) is 9.18 Å². The molecule has 1 atom stereocenters. The molecule has 134 valence electrons. The van der Waals surface area contributed by atoms with Crippen LogP contribution in [-0.4, -0.2) is 27.3 Å². The lowest BCUT2D eigenvalue weighted by Gasteiger charge is -2.06. The quantitative estimate of drug-likeness (QED) is 0.668. The van der Waals surface area contributed by atoms with Crippen molar-refractivity contribution in [1.82, 2.24) is 10.2 Å². The second kappa shape index (κ2) is 7.75. The number of benzene rings is 2. The third kappa shape index (κ3) is 4.64. The van der Waals surface area contributed by atoms with Crippen molar-refractivity contribution in [3.8, 4) is 23.0 Å². The summed E-state index contributed by atoms with van der Waals surface area (Å²) in [6.45, 7) is 0. The van der Waals surface area contributed by atoms with Crippen LogP contribution < -0.4 is 10.5 Å². The van der Waals surface area contributed by atoms with Gasteiger partial charge in [-0.25, -0.2) is 4.39 Å². The first-order valence-corrected chi connectivity index (χ1v) is 7.83. The van der Waals surface area contributed by atoms with Gasteiger partial charge >= 0.3 is 5.97 Å². The fraction of sp³-hybridized carbons (Fsp3) is 0.167. The van der Waals surface area contributed by atoms with Gasteiger partial charge in [-0.3, -0.25) is 4.79 Å². The minimum absolute atomic E-state index is 0.173. The summed E-state index contributed by atoms with van der Waals surface area (Å²) in [5.41, 5.74) is 6.39. The Balaban J connectivity index is 1.65. The third-order valence-corrected chi connectivity index (χ3v) is 3.49. The number of ether oxygens (including phenoxy) is 1. The van der Waals surface area contributed by atoms with Gasteiger partial charge in [0.25, 0.3) is 0 Å². The maximum absolute atomic E-state index is 12.9. The Morgan fingerprint density at radius 2 is 1.73 bits per heavy atom. The van der Waals surface area contributed by atoms with Crippen LogP contribution in [0.5, 0.6) is 11.5 Å². The standard InChI is InChI=1S/C18H16FN3O4/c19-12-3-7-15(8-4-12)25-14-5-1-11(2-6-14)18-22-21-16(26-18)9-13(20)10-17(23)24/h1-8,13H,9-10,20H2,(H,23,24). The van der Waals surface area contributed by atoms with E-state index in [1.807, 2.05) is 0 Å². The van der Waals surface area contributed by atoms with Gasteiger partial charge in [-0.05, 0) is 48.5 Å². The average Bonchev–Trinajstić information content (AvgIpc) is 3.05. The van der Waals surface area contributed by atoms with Crippen LogP contribution in [-0.2, 0) is 11.2 Å². The zero-order valence-electron chi connectivity index (χ0n) is 13.6. The lowest BCUT2D eigenvalue weighted by atomic mass is 10.1. The molecule has 0 aliphatic heterocycles. The second-order valence-electron chi connectivity index (χ2n) is 5.64. The Morgan fingerprint density at radius 3 is 2.35 bits per heavy atom. The predicted octanol–water partition coefficient (Wildman–Crippen LogP) is 3.01. The van der Waals surface area contributed by atoms with Gasteiger partial charge in [-0.2, -0.15) is 0 Å². The van der Waals surface area contributed by atoms with Gasteiger partial charge in [-0.15, -0.1) is 10.2 Å². The van der Waals surface area contributed by atoms with Gasteiger partial charge in [-0.1, -0.05) is 0 Å². The van der Waals surface area contributed by atoms with Crippen LogP contribution >= 0.6 is 0 Å². The number of rotatable bonds is 7. The summed E-state index contributed by atoms with van der Waals surface area (Å²) < 4.78 is 24.0. The van der Waals surface area contributed by atoms with Crippen LogP contribution in [0.3, 0.4) is 0 Å². The summed E-state index contributed by atoms with van der Waals surface area (Å²) in [7, 11) is 0. The molecule has 0 saturated heterocycles. The highest BCUT2D eigenvalue weighted by Crippen LogP contribution is 2.25. The first kappa shape index (κ1) is 17.6. The Bertz CT molecular complexity index is 878. The number of hydrogen-bond acceptors (Lipinski definition) is 6. The van der Waals surface area contributed by atoms with Crippen molar-refractivity contribution in [2.75, 3.05) is 0 Å². The molecular formula is C18H16FN3O4. The van der Waals surface area contributed by atoms with E-state index >= 15 is 0 Å². The van der Waals surface area contributed by atoms with E-state index in [1.54, 1.807) is 24.3 Å². The largest absolute Gasteiger partial charge is 0.481 e. The molecule has 26 heavy (non-hydrogen) atoms. The lowest BCUT2D eigenvalue weighted by molar-refractivity contribution is -0.137. The van der Waals surface area contributed by atoms with E-state index in [2.05, 4.69) is 10.2 Å². The molecule has 1 unspecified atom stereocenters. The maximum Gasteiger partial charge on any atom is 0.304 e. The zero-order valence-corrected chi connectivity index (χ0v) is 13.6. The van der Waals surface area contributed by atoms with Crippen molar-refractivity contribution < 1.29 is 23.4 Å². The fourth-order valence-corrected chi connectivity index (χ4v) is 2.28. The highest BCUT2D eigenvalue weighted by Gasteiger charge is 2.14. The van der Waals surface area contributed by atoms with E-state index in [0.717, 1.165) is 0 Å². The molecule has 1 aromatic heterocycles. The summed E-state index contributed by atoms with van der Waals surface area (Å²) in [5, 5.41) is 16.5. The summed E-state index contributed by atoms with van der Waals surface area (Å²) in [6.07, 6.45) is 0.0121. The molecule has 0 aliphatic rings. The Hall–Kier alpha value is -3.26. The number of hydrogen-bond donors (Lipinski definition) is 2. The smallest absolute Gasteiger partial charge is 0.304 e. The van der Waals surface area contributed by atoms with E-state index in [1.165, 1.54) is 24.3 Å². The molecule has 3 rings (SSSR count). The number of aliphatic carboxylic acids is 1. The summed E-state index contributed by atoms with van der Waals surface area (Å²) in [4.78, 5) is 10.6. The molecule has 3 aromatic rings. The number of nitrogens with zero attached hydrogens (tertiary/aromatic N) is 2. The number of carbonyl (C=O) groups is 1. The zero-order chi connectivity index (χ0) is 18.5. The molecule has 8 heteroatoms. The van der Waals surface area contributed by atoms with Crippen molar-refractivity contribution >= 4 is 5.97 Å². The highest BCUT2D eigenvalue weighted by molar-refractivity contribution is 5.67. The Kier molecular flexibility index (Phi) is 5.23. The van der Waals surface area contributed by atoms with Gasteiger partial charge in [0.1, 0.15) is 17.3 Å². The normalized spacial score (nSPS) is 11.9. The van der Waals surface area contributed by atoms with E-state index < -0.39 is 12.0 Å². The van der Waals surface area contributed by atoms with E-state index in [0.29, 0.717) is 23.0 Å². The molecule has 0 fully saturated rings. The minimum atomic E-state index is -0.978. The molecule has 0 radical (unpaired) electrons. The van der Waals surface area contributed by atoms with Crippen molar-refractivity contribution in [2.24, 2.45) is 5.73 Å². The van der Waals surface area contributed by atoms with Crippen LogP contribution in [0, 0.1) is 5.82 Å². The number of nitrogens with two attached hydrogens (primary N) is 1. The Labute approximate surface area is 148 Å². The monoisotopic (exact) mass is 357 g/mol. The van der Waals surface area contributed by atoms with Gasteiger partial charge in [0.05, 0.1) is 6.42 Å². The van der Waals surface area contributed by atoms with Gasteiger partial charge < -0.3 is 20.0 Å². The van der Waals surface area contributed by atoms with Crippen LogP contribution in [0.2, 0.25) is 0 Å². The molecule has 7 nitrogen and oxygen atoms in total. The number of carboxylic acid groups (broad SMARTS) is 1. The molecule has 0 bridgehead atoms. The van der Waals surface area contributed by atoms with E-state index in [-0.39, 0.29) is 24.5 Å². The molecule has 1 heterocycles. The van der Waals surface area contributed by atoms with Gasteiger partial charge in [0.15, 0.2) is 0 Å². The van der Waals surface area contributed by atoms with Gasteiger partial charge in [0.2, 0.25) is 11.8 Å². The minimum Gasteiger partial charge on any atom is -0.481 e. The number of aromatic nitrogens is 2. The molecule has 0 amide bonds. The summed E-state index contributed by atoms with van der Waals surface area (Å²) in [6, 6.07) is 12.0. The van der Waals surface area contributed by atoms with Crippen molar-refractivity contribution in [1.29, 1.82) is 0 Å². The second-order valence-corrected chi connectivity index (χ2v) is 5.64. The summed E-state index contributed by atoms with van der Waals surface area (Å²) >= 11 is 0. The van der Waals surface area contributed by atoms with Crippen molar-refractivity contribution in [3.63, 3.8) is 0 Å². The van der Waals surface area contributed by atoms with Crippen LogP contribution in [0.1, 0.15) is 12.3 Å². The number of carboxylic acids is 1. The maximum atomic E-state index is 12.9. The average molecular weight is 357 g/mol. The first-order valence-electron chi connectivity index (χ1n) is 7.83. The molecule has 0 saturated carbocycles. The molecular weight excluding hydrogens is 341 g/mol. The predicted molar refractivity (Wildman–Crippen MR) is 90.1 cm³/mol. The number of halogens is 1. The third-order valence-electron chi connectivity index (χ3n) is 3.49. The first-order chi connectivity index (χ1) is 12.5. The SMILES string of the molecule is NC(CC(=O)O)Cc1nnc(-c2ccc(Oc3ccc(F)cc3)cc2)o1. The highest BCUT2D eigenvalue weighted by atomic mass is 19.1. The topological polar surface area (TPSA) is 111 Å². The van der Waals surface area contributed by atoms with Crippen LogP contribution in [0.25, 0.3) is 11.5 Å². The van der Waals surface area contributed by atoms with Crippen LogP contribution in [0.4, 0.5) is 4.39 Å². The molecule has 3 N–H and O–H groups in total. The van der Waals surface area contributed by atoms with Crippen molar-refractivity contribution in [2.45, 2.75) is 18.9 Å². The van der Waals surface area contributed by atoms with E-state index in [4.69, 9.17) is 20.0 Å². The lowest BCUT2D eigenvalue weighted by Crippen LogP contribution is -2.26. The fourth-order valence-electron chi connectivity index (χ4n) is 2.28. The van der Waals surface area contributed by atoms with Gasteiger partial charge in [0, 0.05) is 18.0 Å². The van der Waals surface area contributed by atoms with Crippen molar-refractivity contribution in [3.05, 3.63) is 60.2 Å². The Morgan fingerprint density at radius 1 is 1.12 bits per heavy atom. The molecule has 0 aliphatic carbocycles. The molecule has 2 aromatic carbocycles. The summed E-state index contributed by atoms with van der Waals surface area (Å²) in [5.74, 6) is 0.364. The van der Waals surface area contributed by atoms with Crippen LogP contribution in [0.15, 0.2) is 52.9 Å².